The van der Waals surface area contributed by atoms with Crippen LogP contribution < -0.4 is 5.32 Å². The number of ether oxygens (including phenoxy) is 2. The van der Waals surface area contributed by atoms with Gasteiger partial charge in [-0.3, -0.25) is 10.1 Å². The minimum absolute atomic E-state index is 0.140. The maximum Gasteiger partial charge on any atom is 0.413 e. The SMILES string of the molecule is CCOC(=O)NC(=O)COC(=O)c1c2ccccc2cc2ccccc12. The first-order valence-corrected chi connectivity index (χ1v) is 8.14. The van der Waals surface area contributed by atoms with Crippen molar-refractivity contribution in [2.75, 3.05) is 13.2 Å². The van der Waals surface area contributed by atoms with Gasteiger partial charge in [0, 0.05) is 0 Å². The number of rotatable bonds is 4. The first-order chi connectivity index (χ1) is 12.6. The number of carbonyl (C=O) groups excluding carboxylic acids is 3. The van der Waals surface area contributed by atoms with Gasteiger partial charge < -0.3 is 9.47 Å². The maximum atomic E-state index is 12.7. The van der Waals surface area contributed by atoms with Crippen LogP contribution in [0.1, 0.15) is 17.3 Å². The summed E-state index contributed by atoms with van der Waals surface area (Å²) in [5, 5.41) is 5.26. The highest BCUT2D eigenvalue weighted by molar-refractivity contribution is 6.16. The summed E-state index contributed by atoms with van der Waals surface area (Å²) in [4.78, 5) is 35.6. The lowest BCUT2D eigenvalue weighted by atomic mass is 9.97. The lowest BCUT2D eigenvalue weighted by molar-refractivity contribution is -0.123. The minimum atomic E-state index is -0.871. The van der Waals surface area contributed by atoms with E-state index in [1.807, 2.05) is 59.9 Å². The summed E-state index contributed by atoms with van der Waals surface area (Å²) in [5.74, 6) is -1.38. The molecular formula is C20H17NO5. The van der Waals surface area contributed by atoms with Crippen molar-refractivity contribution in [2.24, 2.45) is 0 Å². The summed E-state index contributed by atoms with van der Waals surface area (Å²) in [6, 6.07) is 16.9. The predicted molar refractivity (Wildman–Crippen MR) is 96.9 cm³/mol. The molecule has 0 aromatic heterocycles. The molecule has 0 spiro atoms. The summed E-state index contributed by atoms with van der Waals surface area (Å²) in [5.41, 5.74) is 0.391. The molecule has 0 aliphatic heterocycles. The summed E-state index contributed by atoms with van der Waals surface area (Å²) >= 11 is 0. The van der Waals surface area contributed by atoms with E-state index in [9.17, 15) is 14.4 Å². The van der Waals surface area contributed by atoms with Crippen LogP contribution in [0.15, 0.2) is 54.6 Å². The molecule has 0 saturated carbocycles. The smallest absolute Gasteiger partial charge is 0.413 e. The van der Waals surface area contributed by atoms with Gasteiger partial charge >= 0.3 is 12.1 Å². The molecule has 3 aromatic carbocycles. The Morgan fingerprint density at radius 2 is 1.46 bits per heavy atom. The first-order valence-electron chi connectivity index (χ1n) is 8.14. The summed E-state index contributed by atoms with van der Waals surface area (Å²) in [6.45, 7) is 1.19. The Bertz CT molecular complexity index is 942. The second-order valence-electron chi connectivity index (χ2n) is 5.54. The number of amides is 2. The Morgan fingerprint density at radius 1 is 0.885 bits per heavy atom. The zero-order valence-corrected chi connectivity index (χ0v) is 14.2. The molecular weight excluding hydrogens is 334 g/mol. The number of imide groups is 1. The van der Waals surface area contributed by atoms with Crippen LogP contribution in [0, 0.1) is 0 Å². The van der Waals surface area contributed by atoms with Gasteiger partial charge in [0.25, 0.3) is 5.91 Å². The molecule has 132 valence electrons. The monoisotopic (exact) mass is 351 g/mol. The molecule has 0 bridgehead atoms. The van der Waals surface area contributed by atoms with Crippen molar-refractivity contribution in [3.05, 3.63) is 60.2 Å². The normalized spacial score (nSPS) is 10.5. The molecule has 6 nitrogen and oxygen atoms in total. The number of benzene rings is 3. The summed E-state index contributed by atoms with van der Waals surface area (Å²) in [6.07, 6.45) is -0.871. The second-order valence-corrected chi connectivity index (χ2v) is 5.54. The van der Waals surface area contributed by atoms with Crippen molar-refractivity contribution in [2.45, 2.75) is 6.92 Å². The molecule has 0 aliphatic rings. The number of nitrogens with one attached hydrogen (secondary N) is 1. The molecule has 0 radical (unpaired) electrons. The van der Waals surface area contributed by atoms with Gasteiger partial charge in [0.2, 0.25) is 0 Å². The van der Waals surface area contributed by atoms with Crippen LogP contribution in [0.2, 0.25) is 0 Å². The van der Waals surface area contributed by atoms with Crippen molar-refractivity contribution in [3.8, 4) is 0 Å². The number of alkyl carbamates (subject to hydrolysis) is 1. The highest BCUT2D eigenvalue weighted by atomic mass is 16.6. The van der Waals surface area contributed by atoms with Gasteiger partial charge in [-0.25, -0.2) is 9.59 Å². The third-order valence-electron chi connectivity index (χ3n) is 3.83. The van der Waals surface area contributed by atoms with E-state index < -0.39 is 24.6 Å². The fraction of sp³-hybridized carbons (Fsp3) is 0.150. The number of carbonyl (C=O) groups is 3. The van der Waals surface area contributed by atoms with Crippen molar-refractivity contribution in [3.63, 3.8) is 0 Å². The second kappa shape index (κ2) is 7.65. The fourth-order valence-corrected chi connectivity index (χ4v) is 2.75. The lowest BCUT2D eigenvalue weighted by Crippen LogP contribution is -2.34. The average Bonchev–Trinajstić information content (AvgIpc) is 2.64. The Morgan fingerprint density at radius 3 is 2.04 bits per heavy atom. The van der Waals surface area contributed by atoms with E-state index >= 15 is 0 Å². The molecule has 0 saturated heterocycles. The first kappa shape index (κ1) is 17.4. The third-order valence-corrected chi connectivity index (χ3v) is 3.83. The van der Waals surface area contributed by atoms with Crippen molar-refractivity contribution in [1.29, 1.82) is 0 Å². The van der Waals surface area contributed by atoms with Crippen LogP contribution in [0.25, 0.3) is 21.5 Å². The van der Waals surface area contributed by atoms with Gasteiger partial charge in [-0.05, 0) is 34.5 Å². The third kappa shape index (κ3) is 3.64. The van der Waals surface area contributed by atoms with E-state index in [1.54, 1.807) is 6.92 Å². The van der Waals surface area contributed by atoms with Crippen LogP contribution in [-0.2, 0) is 14.3 Å². The number of fused-ring (bicyclic) bond motifs is 2. The minimum Gasteiger partial charge on any atom is -0.452 e. The van der Waals surface area contributed by atoms with Crippen LogP contribution >= 0.6 is 0 Å². The molecule has 3 rings (SSSR count). The van der Waals surface area contributed by atoms with E-state index in [0.717, 1.165) is 21.5 Å². The summed E-state index contributed by atoms with van der Waals surface area (Å²) < 4.78 is 9.73. The van der Waals surface area contributed by atoms with E-state index in [-0.39, 0.29) is 6.61 Å². The Balaban J connectivity index is 1.87. The van der Waals surface area contributed by atoms with Crippen molar-refractivity contribution in [1.82, 2.24) is 5.32 Å². The highest BCUT2D eigenvalue weighted by Crippen LogP contribution is 2.29. The zero-order chi connectivity index (χ0) is 18.5. The van der Waals surface area contributed by atoms with Crippen LogP contribution in [-0.4, -0.2) is 31.2 Å². The average molecular weight is 351 g/mol. The molecule has 0 atom stereocenters. The molecule has 0 unspecified atom stereocenters. The van der Waals surface area contributed by atoms with E-state index in [2.05, 4.69) is 4.74 Å². The molecule has 0 aliphatic carbocycles. The van der Waals surface area contributed by atoms with Gasteiger partial charge in [-0.1, -0.05) is 48.5 Å². The standard InChI is InChI=1S/C20H17NO5/c1-2-25-20(24)21-17(22)12-26-19(23)18-15-9-5-3-7-13(15)11-14-8-4-6-10-16(14)18/h3-11H,2,12H2,1H3,(H,21,22,24). The van der Waals surface area contributed by atoms with Crippen molar-refractivity contribution >= 4 is 39.5 Å². The van der Waals surface area contributed by atoms with E-state index in [1.165, 1.54) is 0 Å². The molecule has 2 amide bonds. The largest absolute Gasteiger partial charge is 0.452 e. The molecule has 3 aromatic rings. The van der Waals surface area contributed by atoms with Gasteiger partial charge in [0.1, 0.15) is 0 Å². The van der Waals surface area contributed by atoms with Crippen LogP contribution in [0.4, 0.5) is 4.79 Å². The number of hydrogen-bond acceptors (Lipinski definition) is 5. The zero-order valence-electron chi connectivity index (χ0n) is 14.2. The van der Waals surface area contributed by atoms with Gasteiger partial charge in [-0.2, -0.15) is 0 Å². The molecule has 6 heteroatoms. The Labute approximate surface area is 149 Å². The van der Waals surface area contributed by atoms with Crippen molar-refractivity contribution < 1.29 is 23.9 Å². The lowest BCUT2D eigenvalue weighted by Gasteiger charge is -2.11. The maximum absolute atomic E-state index is 12.7. The number of hydrogen-bond donors (Lipinski definition) is 1. The van der Waals surface area contributed by atoms with Gasteiger partial charge in [0.05, 0.1) is 12.2 Å². The summed E-state index contributed by atoms with van der Waals surface area (Å²) in [7, 11) is 0. The predicted octanol–water partition coefficient (Wildman–Crippen LogP) is 3.42. The Kier molecular flexibility index (Phi) is 5.12. The van der Waals surface area contributed by atoms with Gasteiger partial charge in [0.15, 0.2) is 6.61 Å². The number of esters is 1. The molecule has 1 N–H and O–H groups in total. The highest BCUT2D eigenvalue weighted by Gasteiger charge is 2.18. The fourth-order valence-electron chi connectivity index (χ4n) is 2.75. The molecule has 0 fully saturated rings. The van der Waals surface area contributed by atoms with Crippen LogP contribution in [0.3, 0.4) is 0 Å². The quantitative estimate of drug-likeness (QED) is 0.575. The molecule has 0 heterocycles. The van der Waals surface area contributed by atoms with E-state index in [4.69, 9.17) is 4.74 Å². The molecule has 26 heavy (non-hydrogen) atoms. The van der Waals surface area contributed by atoms with Gasteiger partial charge in [-0.15, -0.1) is 0 Å². The van der Waals surface area contributed by atoms with E-state index in [0.29, 0.717) is 5.56 Å². The van der Waals surface area contributed by atoms with Crippen LogP contribution in [0.5, 0.6) is 0 Å². The topological polar surface area (TPSA) is 81.7 Å². The Hall–Kier alpha value is -3.41.